The number of aryl methyl sites for hydroxylation is 2. The lowest BCUT2D eigenvalue weighted by Crippen LogP contribution is -2.14. The first-order chi connectivity index (χ1) is 11.4. The minimum Gasteiger partial charge on any atom is -0.289 e. The third-order valence-electron chi connectivity index (χ3n) is 3.40. The molecule has 0 unspecified atom stereocenters. The molecule has 0 atom stereocenters. The second kappa shape index (κ2) is 6.62. The van der Waals surface area contributed by atoms with E-state index in [9.17, 15) is 4.79 Å². The molecule has 1 amide bonds. The first-order valence-corrected chi connectivity index (χ1v) is 7.83. The molecule has 1 aromatic carbocycles. The van der Waals surface area contributed by atoms with E-state index >= 15 is 0 Å². The number of anilines is 1. The molecule has 124 valence electrons. The number of carbonyl (C=O) groups excluding carboxylic acids is 1. The van der Waals surface area contributed by atoms with E-state index in [0.717, 1.165) is 5.56 Å². The summed E-state index contributed by atoms with van der Waals surface area (Å²) >= 11 is 12.3. The molecule has 7 nitrogen and oxygen atoms in total. The summed E-state index contributed by atoms with van der Waals surface area (Å²) in [6.45, 7) is 2.12. The maximum atomic E-state index is 12.2. The van der Waals surface area contributed by atoms with Gasteiger partial charge in [0, 0.05) is 28.9 Å². The number of nitrogens with zero attached hydrogens (tertiary/aromatic N) is 5. The third kappa shape index (κ3) is 3.42. The minimum absolute atomic E-state index is 0.200. The van der Waals surface area contributed by atoms with Gasteiger partial charge in [0.1, 0.15) is 6.33 Å². The number of halogens is 2. The van der Waals surface area contributed by atoms with Gasteiger partial charge in [-0.15, -0.1) is 5.10 Å². The molecule has 0 radical (unpaired) electrons. The number of nitrogens with one attached hydrogen (secondary N) is 1. The normalized spacial score (nSPS) is 10.8. The fraction of sp³-hybridized carbons (Fsp3) is 0.200. The van der Waals surface area contributed by atoms with Gasteiger partial charge in [-0.05, 0) is 19.1 Å². The van der Waals surface area contributed by atoms with Crippen LogP contribution < -0.4 is 5.32 Å². The van der Waals surface area contributed by atoms with Crippen LogP contribution in [0.1, 0.15) is 21.6 Å². The van der Waals surface area contributed by atoms with Gasteiger partial charge in [-0.3, -0.25) is 14.8 Å². The molecule has 1 N–H and O–H groups in total. The topological polar surface area (TPSA) is 77.6 Å². The van der Waals surface area contributed by atoms with E-state index in [0.29, 0.717) is 27.8 Å². The summed E-state index contributed by atoms with van der Waals surface area (Å²) < 4.78 is 3.13. The number of aromatic nitrogens is 5. The fourth-order valence-electron chi connectivity index (χ4n) is 2.26. The quantitative estimate of drug-likeness (QED) is 0.771. The van der Waals surface area contributed by atoms with Gasteiger partial charge in [-0.25, -0.2) is 9.67 Å². The second-order valence-electron chi connectivity index (χ2n) is 5.22. The first-order valence-electron chi connectivity index (χ1n) is 7.08. The van der Waals surface area contributed by atoms with Crippen LogP contribution >= 0.6 is 23.2 Å². The van der Waals surface area contributed by atoms with Crippen LogP contribution in [0.25, 0.3) is 0 Å². The molecule has 0 aliphatic carbocycles. The average Bonchev–Trinajstić information content (AvgIpc) is 3.09. The number of hydrogen-bond donors (Lipinski definition) is 1. The largest absolute Gasteiger partial charge is 0.289 e. The highest BCUT2D eigenvalue weighted by molar-refractivity contribution is 6.35. The van der Waals surface area contributed by atoms with E-state index < -0.39 is 0 Å². The van der Waals surface area contributed by atoms with Crippen molar-refractivity contribution >= 4 is 35.1 Å². The molecule has 0 aliphatic heterocycles. The molecule has 0 saturated carbocycles. The van der Waals surface area contributed by atoms with Crippen molar-refractivity contribution in [2.24, 2.45) is 7.05 Å². The van der Waals surface area contributed by atoms with Crippen molar-refractivity contribution in [1.29, 1.82) is 0 Å². The van der Waals surface area contributed by atoms with E-state index in [1.165, 1.54) is 6.33 Å². The molecule has 9 heteroatoms. The Labute approximate surface area is 148 Å². The standard InChI is InChI=1S/C15H14Cl2N6O/c1-9-10(6-22(2)20-9)14(24)19-15-18-8-23(21-15)7-11-12(16)4-3-5-13(11)17/h3-6,8H,7H2,1-2H3,(H,19,21,24). The zero-order valence-electron chi connectivity index (χ0n) is 13.0. The Balaban J connectivity index is 1.74. The van der Waals surface area contributed by atoms with Gasteiger partial charge < -0.3 is 0 Å². The second-order valence-corrected chi connectivity index (χ2v) is 6.04. The van der Waals surface area contributed by atoms with Crippen LogP contribution in [0, 0.1) is 6.92 Å². The van der Waals surface area contributed by atoms with Crippen molar-refractivity contribution in [2.75, 3.05) is 5.32 Å². The van der Waals surface area contributed by atoms with Gasteiger partial charge in [-0.1, -0.05) is 29.3 Å². The van der Waals surface area contributed by atoms with Crippen LogP contribution in [0.15, 0.2) is 30.7 Å². The number of hydrogen-bond acceptors (Lipinski definition) is 4. The lowest BCUT2D eigenvalue weighted by atomic mass is 10.2. The van der Waals surface area contributed by atoms with Gasteiger partial charge in [-0.2, -0.15) is 5.10 Å². The first kappa shape index (κ1) is 16.5. The molecule has 3 rings (SSSR count). The van der Waals surface area contributed by atoms with E-state index in [-0.39, 0.29) is 11.9 Å². The number of amides is 1. The van der Waals surface area contributed by atoms with E-state index in [4.69, 9.17) is 23.2 Å². The van der Waals surface area contributed by atoms with E-state index in [1.807, 2.05) is 0 Å². The molecule has 2 aromatic heterocycles. The summed E-state index contributed by atoms with van der Waals surface area (Å²) in [5, 5.41) is 12.1. The predicted molar refractivity (Wildman–Crippen MR) is 91.5 cm³/mol. The Hall–Kier alpha value is -2.38. The monoisotopic (exact) mass is 364 g/mol. The Morgan fingerprint density at radius 1 is 1.25 bits per heavy atom. The number of benzene rings is 1. The summed E-state index contributed by atoms with van der Waals surface area (Å²) in [7, 11) is 1.75. The maximum Gasteiger partial charge on any atom is 0.261 e. The predicted octanol–water partition coefficient (Wildman–Crippen LogP) is 2.93. The van der Waals surface area contributed by atoms with Gasteiger partial charge in [0.2, 0.25) is 5.95 Å². The molecule has 0 bridgehead atoms. The third-order valence-corrected chi connectivity index (χ3v) is 4.11. The lowest BCUT2D eigenvalue weighted by molar-refractivity contribution is 0.102. The van der Waals surface area contributed by atoms with Crippen LogP contribution in [0.3, 0.4) is 0 Å². The van der Waals surface area contributed by atoms with Crippen molar-refractivity contribution in [3.05, 3.63) is 57.6 Å². The number of rotatable bonds is 4. The molecular formula is C15H14Cl2N6O. The molecule has 0 spiro atoms. The van der Waals surface area contributed by atoms with Crippen LogP contribution in [0.5, 0.6) is 0 Å². The fourth-order valence-corrected chi connectivity index (χ4v) is 2.78. The van der Waals surface area contributed by atoms with E-state index in [2.05, 4.69) is 20.5 Å². The van der Waals surface area contributed by atoms with Crippen LogP contribution in [-0.4, -0.2) is 30.5 Å². The molecular weight excluding hydrogens is 351 g/mol. The van der Waals surface area contributed by atoms with Crippen molar-refractivity contribution in [1.82, 2.24) is 24.5 Å². The zero-order valence-corrected chi connectivity index (χ0v) is 14.5. The summed E-state index contributed by atoms with van der Waals surface area (Å²) in [5.74, 6) is -0.111. The lowest BCUT2D eigenvalue weighted by Gasteiger charge is -2.06. The average molecular weight is 365 g/mol. The summed E-state index contributed by atoms with van der Waals surface area (Å²) in [5.41, 5.74) is 1.85. The summed E-state index contributed by atoms with van der Waals surface area (Å²) in [6, 6.07) is 5.29. The molecule has 2 heterocycles. The summed E-state index contributed by atoms with van der Waals surface area (Å²) in [4.78, 5) is 16.3. The van der Waals surface area contributed by atoms with Crippen LogP contribution in [-0.2, 0) is 13.6 Å². The summed E-state index contributed by atoms with van der Waals surface area (Å²) in [6.07, 6.45) is 3.15. The molecule has 0 aliphatic rings. The van der Waals surface area contributed by atoms with Crippen molar-refractivity contribution in [3.63, 3.8) is 0 Å². The van der Waals surface area contributed by atoms with Crippen LogP contribution in [0.4, 0.5) is 5.95 Å². The Bertz CT molecular complexity index is 881. The van der Waals surface area contributed by atoms with Crippen molar-refractivity contribution in [3.8, 4) is 0 Å². The van der Waals surface area contributed by atoms with Gasteiger partial charge in [0.15, 0.2) is 0 Å². The van der Waals surface area contributed by atoms with Crippen molar-refractivity contribution < 1.29 is 4.79 Å². The zero-order chi connectivity index (χ0) is 17.3. The smallest absolute Gasteiger partial charge is 0.261 e. The SMILES string of the molecule is Cc1nn(C)cc1C(=O)Nc1ncn(Cc2c(Cl)cccc2Cl)n1. The Morgan fingerprint density at radius 3 is 2.58 bits per heavy atom. The van der Waals surface area contributed by atoms with Gasteiger partial charge in [0.25, 0.3) is 5.91 Å². The molecule has 0 saturated heterocycles. The van der Waals surface area contributed by atoms with Crippen LogP contribution in [0.2, 0.25) is 10.0 Å². The van der Waals surface area contributed by atoms with E-state index in [1.54, 1.807) is 47.7 Å². The highest BCUT2D eigenvalue weighted by atomic mass is 35.5. The van der Waals surface area contributed by atoms with Gasteiger partial charge >= 0.3 is 0 Å². The highest BCUT2D eigenvalue weighted by Crippen LogP contribution is 2.24. The Kier molecular flexibility index (Phi) is 4.55. The van der Waals surface area contributed by atoms with Crippen molar-refractivity contribution in [2.45, 2.75) is 13.5 Å². The minimum atomic E-state index is -0.311. The van der Waals surface area contributed by atoms with Gasteiger partial charge in [0.05, 0.1) is 17.8 Å². The number of carbonyl (C=O) groups is 1. The molecule has 0 fully saturated rings. The highest BCUT2D eigenvalue weighted by Gasteiger charge is 2.15. The Morgan fingerprint density at radius 2 is 1.96 bits per heavy atom. The maximum absolute atomic E-state index is 12.2. The molecule has 3 aromatic rings. The molecule has 24 heavy (non-hydrogen) atoms.